The standard InChI is InChI=1S/C16H17ClN2O2/c1-10-4-3-5-13(8-10)21-11(2)16(20)19-12-6-7-14(17)15(18)9-12/h3-9,11H,18H2,1-2H3,(H,19,20). The molecule has 0 aromatic heterocycles. The van der Waals surface area contributed by atoms with Crippen LogP contribution < -0.4 is 15.8 Å². The number of nitrogens with two attached hydrogens (primary N) is 1. The molecule has 110 valence electrons. The Labute approximate surface area is 128 Å². The van der Waals surface area contributed by atoms with Gasteiger partial charge in [0.1, 0.15) is 5.75 Å². The number of hydrogen-bond acceptors (Lipinski definition) is 3. The van der Waals surface area contributed by atoms with Crippen molar-refractivity contribution in [1.82, 2.24) is 0 Å². The summed E-state index contributed by atoms with van der Waals surface area (Å²) in [6.45, 7) is 3.66. The molecule has 0 heterocycles. The van der Waals surface area contributed by atoms with Gasteiger partial charge in [0.05, 0.1) is 10.7 Å². The Morgan fingerprint density at radius 1 is 1.29 bits per heavy atom. The first-order chi connectivity index (χ1) is 9.95. The molecule has 0 aliphatic heterocycles. The third kappa shape index (κ3) is 4.13. The molecular formula is C16H17ClN2O2. The van der Waals surface area contributed by atoms with Gasteiger partial charge < -0.3 is 15.8 Å². The second-order valence-electron chi connectivity index (χ2n) is 4.80. The number of benzene rings is 2. The molecule has 0 bridgehead atoms. The highest BCUT2D eigenvalue weighted by Gasteiger charge is 2.15. The molecule has 2 aromatic rings. The number of ether oxygens (including phenoxy) is 1. The molecule has 0 saturated carbocycles. The summed E-state index contributed by atoms with van der Waals surface area (Å²) in [6.07, 6.45) is -0.622. The van der Waals surface area contributed by atoms with Gasteiger partial charge in [0.25, 0.3) is 5.91 Å². The maximum atomic E-state index is 12.1. The number of nitrogens with one attached hydrogen (secondary N) is 1. The fourth-order valence-corrected chi connectivity index (χ4v) is 1.93. The van der Waals surface area contributed by atoms with Crippen LogP contribution in [-0.2, 0) is 4.79 Å². The number of anilines is 2. The van der Waals surface area contributed by atoms with Crippen molar-refractivity contribution in [2.24, 2.45) is 0 Å². The van der Waals surface area contributed by atoms with Gasteiger partial charge >= 0.3 is 0 Å². The first-order valence-electron chi connectivity index (χ1n) is 6.55. The van der Waals surface area contributed by atoms with Crippen LogP contribution in [0.3, 0.4) is 0 Å². The van der Waals surface area contributed by atoms with Crippen LogP contribution in [0.25, 0.3) is 0 Å². The summed E-state index contributed by atoms with van der Waals surface area (Å²) in [5.41, 5.74) is 7.78. The van der Waals surface area contributed by atoms with Crippen LogP contribution >= 0.6 is 11.6 Å². The van der Waals surface area contributed by atoms with Crippen LogP contribution in [0.2, 0.25) is 5.02 Å². The summed E-state index contributed by atoms with van der Waals surface area (Å²) < 4.78 is 5.61. The third-order valence-electron chi connectivity index (χ3n) is 2.94. The Balaban J connectivity index is 2.00. The molecule has 3 N–H and O–H groups in total. The lowest BCUT2D eigenvalue weighted by Crippen LogP contribution is -2.30. The van der Waals surface area contributed by atoms with E-state index in [-0.39, 0.29) is 5.91 Å². The van der Waals surface area contributed by atoms with Gasteiger partial charge in [-0.2, -0.15) is 0 Å². The Morgan fingerprint density at radius 3 is 2.71 bits per heavy atom. The lowest BCUT2D eigenvalue weighted by atomic mass is 10.2. The molecular weight excluding hydrogens is 288 g/mol. The molecule has 0 radical (unpaired) electrons. The van der Waals surface area contributed by atoms with Crippen LogP contribution in [0.5, 0.6) is 5.75 Å². The van der Waals surface area contributed by atoms with Crippen molar-refractivity contribution in [2.45, 2.75) is 20.0 Å². The van der Waals surface area contributed by atoms with Gasteiger partial charge in [0.15, 0.2) is 6.10 Å². The number of nitrogen functional groups attached to an aromatic ring is 1. The SMILES string of the molecule is Cc1cccc(OC(C)C(=O)Nc2ccc(Cl)c(N)c2)c1. The van der Waals surface area contributed by atoms with Crippen LogP contribution in [0, 0.1) is 6.92 Å². The molecule has 0 fully saturated rings. The van der Waals surface area contributed by atoms with E-state index in [0.29, 0.717) is 22.1 Å². The predicted molar refractivity (Wildman–Crippen MR) is 85.8 cm³/mol. The molecule has 0 aliphatic carbocycles. The number of hydrogen-bond donors (Lipinski definition) is 2. The second-order valence-corrected chi connectivity index (χ2v) is 5.21. The molecule has 2 aromatic carbocycles. The Morgan fingerprint density at radius 2 is 2.05 bits per heavy atom. The molecule has 0 spiro atoms. The first kappa shape index (κ1) is 15.2. The van der Waals surface area contributed by atoms with E-state index in [1.54, 1.807) is 25.1 Å². The van der Waals surface area contributed by atoms with Gasteiger partial charge in [-0.15, -0.1) is 0 Å². The van der Waals surface area contributed by atoms with Gasteiger partial charge in [-0.25, -0.2) is 0 Å². The normalized spacial score (nSPS) is 11.8. The molecule has 0 saturated heterocycles. The molecule has 5 heteroatoms. The maximum absolute atomic E-state index is 12.1. The summed E-state index contributed by atoms with van der Waals surface area (Å²) in [6, 6.07) is 12.5. The average Bonchev–Trinajstić information content (AvgIpc) is 2.43. The minimum Gasteiger partial charge on any atom is -0.481 e. The first-order valence-corrected chi connectivity index (χ1v) is 6.92. The topological polar surface area (TPSA) is 64.3 Å². The van der Waals surface area contributed by atoms with Gasteiger partial charge in [-0.3, -0.25) is 4.79 Å². The van der Waals surface area contributed by atoms with E-state index >= 15 is 0 Å². The lowest BCUT2D eigenvalue weighted by Gasteiger charge is -2.15. The minimum absolute atomic E-state index is 0.252. The molecule has 1 unspecified atom stereocenters. The van der Waals surface area contributed by atoms with E-state index in [1.165, 1.54) is 0 Å². The van der Waals surface area contributed by atoms with Gasteiger partial charge in [-0.1, -0.05) is 23.7 Å². The van der Waals surface area contributed by atoms with Gasteiger partial charge in [0, 0.05) is 5.69 Å². The molecule has 2 rings (SSSR count). The van der Waals surface area contributed by atoms with Crippen LogP contribution in [0.1, 0.15) is 12.5 Å². The highest BCUT2D eigenvalue weighted by Crippen LogP contribution is 2.22. The predicted octanol–water partition coefficient (Wildman–Crippen LogP) is 3.64. The highest BCUT2D eigenvalue weighted by atomic mass is 35.5. The van der Waals surface area contributed by atoms with E-state index < -0.39 is 6.10 Å². The molecule has 0 aliphatic rings. The zero-order valence-electron chi connectivity index (χ0n) is 11.9. The fraction of sp³-hybridized carbons (Fsp3) is 0.188. The molecule has 21 heavy (non-hydrogen) atoms. The average molecular weight is 305 g/mol. The zero-order chi connectivity index (χ0) is 15.4. The Hall–Kier alpha value is -2.20. The van der Waals surface area contributed by atoms with E-state index in [9.17, 15) is 4.79 Å². The maximum Gasteiger partial charge on any atom is 0.265 e. The zero-order valence-corrected chi connectivity index (χ0v) is 12.6. The van der Waals surface area contributed by atoms with E-state index in [1.807, 2.05) is 31.2 Å². The monoisotopic (exact) mass is 304 g/mol. The quantitative estimate of drug-likeness (QED) is 0.848. The molecule has 4 nitrogen and oxygen atoms in total. The van der Waals surface area contributed by atoms with Crippen molar-refractivity contribution in [2.75, 3.05) is 11.1 Å². The fourth-order valence-electron chi connectivity index (χ4n) is 1.81. The van der Waals surface area contributed by atoms with E-state index in [2.05, 4.69) is 5.32 Å². The van der Waals surface area contributed by atoms with Crippen molar-refractivity contribution in [3.63, 3.8) is 0 Å². The summed E-state index contributed by atoms with van der Waals surface area (Å²) in [7, 11) is 0. The number of halogens is 1. The number of carbonyl (C=O) groups is 1. The molecule has 1 amide bonds. The minimum atomic E-state index is -0.622. The number of carbonyl (C=O) groups excluding carboxylic acids is 1. The summed E-state index contributed by atoms with van der Waals surface area (Å²) in [5, 5.41) is 3.20. The van der Waals surface area contributed by atoms with E-state index in [0.717, 1.165) is 5.56 Å². The van der Waals surface area contributed by atoms with Gasteiger partial charge in [0.2, 0.25) is 0 Å². The van der Waals surface area contributed by atoms with Crippen molar-refractivity contribution >= 4 is 28.9 Å². The second kappa shape index (κ2) is 6.50. The van der Waals surface area contributed by atoms with Crippen LogP contribution in [0.15, 0.2) is 42.5 Å². The van der Waals surface area contributed by atoms with Crippen molar-refractivity contribution in [1.29, 1.82) is 0 Å². The van der Waals surface area contributed by atoms with Crippen molar-refractivity contribution in [3.8, 4) is 5.75 Å². The van der Waals surface area contributed by atoms with Crippen LogP contribution in [-0.4, -0.2) is 12.0 Å². The summed E-state index contributed by atoms with van der Waals surface area (Å²) in [5.74, 6) is 0.409. The van der Waals surface area contributed by atoms with E-state index in [4.69, 9.17) is 22.1 Å². The third-order valence-corrected chi connectivity index (χ3v) is 3.28. The lowest BCUT2D eigenvalue weighted by molar-refractivity contribution is -0.122. The highest BCUT2D eigenvalue weighted by molar-refractivity contribution is 6.33. The van der Waals surface area contributed by atoms with Crippen molar-refractivity contribution < 1.29 is 9.53 Å². The van der Waals surface area contributed by atoms with Crippen molar-refractivity contribution in [3.05, 3.63) is 53.1 Å². The number of rotatable bonds is 4. The largest absolute Gasteiger partial charge is 0.481 e. The molecule has 1 atom stereocenters. The summed E-state index contributed by atoms with van der Waals surface area (Å²) in [4.78, 5) is 12.1. The smallest absolute Gasteiger partial charge is 0.265 e. The summed E-state index contributed by atoms with van der Waals surface area (Å²) >= 11 is 5.84. The number of aryl methyl sites for hydroxylation is 1. The number of amides is 1. The Bertz CT molecular complexity index is 658. The van der Waals surface area contributed by atoms with Gasteiger partial charge in [-0.05, 0) is 49.7 Å². The Kier molecular flexibility index (Phi) is 4.70. The van der Waals surface area contributed by atoms with Crippen LogP contribution in [0.4, 0.5) is 11.4 Å².